The summed E-state index contributed by atoms with van der Waals surface area (Å²) in [7, 11) is -2.00. The number of methoxy groups -OCH3 is 1. The maximum atomic E-state index is 12.5. The summed E-state index contributed by atoms with van der Waals surface area (Å²) in [6, 6.07) is 6.22. The lowest BCUT2D eigenvalue weighted by molar-refractivity contribution is -0.131. The summed E-state index contributed by atoms with van der Waals surface area (Å²) in [4.78, 5) is 10.7. The van der Waals surface area contributed by atoms with E-state index in [1.54, 1.807) is 19.2 Å². The summed E-state index contributed by atoms with van der Waals surface area (Å²) < 4.78 is 31.6. The molecule has 1 heterocycles. The molecule has 0 spiro atoms. The molecule has 1 N–H and O–H groups in total. The van der Waals surface area contributed by atoms with Crippen molar-refractivity contribution in [3.05, 3.63) is 35.9 Å². The number of sulfonamides is 1. The minimum absolute atomic E-state index is 0.0742. The molecule has 0 aromatic heterocycles. The number of benzene rings is 1. The van der Waals surface area contributed by atoms with E-state index in [-0.39, 0.29) is 11.0 Å². The molecule has 1 atom stereocenters. The van der Waals surface area contributed by atoms with Crippen molar-refractivity contribution < 1.29 is 23.1 Å². The summed E-state index contributed by atoms with van der Waals surface area (Å²) in [5.41, 5.74) is 0.529. The van der Waals surface area contributed by atoms with Gasteiger partial charge in [-0.05, 0) is 30.2 Å². The second-order valence-corrected chi connectivity index (χ2v) is 6.69. The van der Waals surface area contributed by atoms with Crippen LogP contribution in [0.25, 0.3) is 6.08 Å². The van der Waals surface area contributed by atoms with Crippen molar-refractivity contribution in [2.75, 3.05) is 20.2 Å². The van der Waals surface area contributed by atoms with E-state index >= 15 is 0 Å². The fourth-order valence-electron chi connectivity index (χ4n) is 2.20. The zero-order valence-corrected chi connectivity index (χ0v) is 12.4. The minimum Gasteiger partial charge on any atom is -0.478 e. The predicted molar refractivity (Wildman–Crippen MR) is 77.3 cm³/mol. The molecule has 114 valence electrons. The molecule has 0 radical (unpaired) electrons. The largest absolute Gasteiger partial charge is 0.478 e. The summed E-state index contributed by atoms with van der Waals surface area (Å²) in [5.74, 6) is -1.08. The summed E-state index contributed by atoms with van der Waals surface area (Å²) in [6.07, 6.45) is 2.94. The Labute approximate surface area is 123 Å². The summed E-state index contributed by atoms with van der Waals surface area (Å²) in [5, 5.41) is 8.61. The first-order valence-electron chi connectivity index (χ1n) is 6.47. The van der Waals surface area contributed by atoms with Gasteiger partial charge in [0.25, 0.3) is 0 Å². The molecular formula is C14H17NO5S. The molecule has 0 bridgehead atoms. The minimum atomic E-state index is -3.57. The molecule has 1 aromatic carbocycles. The Balaban J connectivity index is 2.24. The van der Waals surface area contributed by atoms with Gasteiger partial charge in [0.15, 0.2) is 0 Å². The number of aliphatic carboxylic acids is 1. The number of carbonyl (C=O) groups is 1. The highest BCUT2D eigenvalue weighted by Gasteiger charge is 2.32. The predicted octanol–water partition coefficient (Wildman–Crippen LogP) is 1.19. The van der Waals surface area contributed by atoms with Crippen LogP contribution >= 0.6 is 0 Å². The highest BCUT2D eigenvalue weighted by Crippen LogP contribution is 2.23. The number of rotatable bonds is 5. The highest BCUT2D eigenvalue weighted by atomic mass is 32.2. The third kappa shape index (κ3) is 3.69. The molecule has 6 nitrogen and oxygen atoms in total. The molecule has 0 aliphatic carbocycles. The molecule has 0 saturated carbocycles. The van der Waals surface area contributed by atoms with Crippen molar-refractivity contribution in [1.29, 1.82) is 0 Å². The van der Waals surface area contributed by atoms with Crippen LogP contribution in [0.2, 0.25) is 0 Å². The Morgan fingerprint density at radius 1 is 1.48 bits per heavy atom. The quantitative estimate of drug-likeness (QED) is 0.826. The number of hydrogen-bond acceptors (Lipinski definition) is 4. The van der Waals surface area contributed by atoms with Crippen molar-refractivity contribution in [3.63, 3.8) is 0 Å². The Morgan fingerprint density at radius 3 is 2.86 bits per heavy atom. The fraction of sp³-hybridized carbons (Fsp3) is 0.357. The lowest BCUT2D eigenvalue weighted by atomic mass is 10.2. The zero-order chi connectivity index (χ0) is 15.5. The van der Waals surface area contributed by atoms with Crippen LogP contribution in [0.5, 0.6) is 0 Å². The average Bonchev–Trinajstić information content (AvgIpc) is 2.95. The van der Waals surface area contributed by atoms with Gasteiger partial charge in [0.2, 0.25) is 10.0 Å². The van der Waals surface area contributed by atoms with Crippen molar-refractivity contribution in [2.45, 2.75) is 17.4 Å². The lowest BCUT2D eigenvalue weighted by Crippen LogP contribution is -2.30. The number of carboxylic acids is 1. The van der Waals surface area contributed by atoms with Crippen molar-refractivity contribution >= 4 is 22.1 Å². The third-order valence-electron chi connectivity index (χ3n) is 3.36. The zero-order valence-electron chi connectivity index (χ0n) is 11.6. The SMILES string of the molecule is COC1CCN(S(=O)(=O)c2cccc(/C=C/C(=O)O)c2)C1. The molecular weight excluding hydrogens is 294 g/mol. The van der Waals surface area contributed by atoms with Gasteiger partial charge in [-0.2, -0.15) is 4.31 Å². The van der Waals surface area contributed by atoms with Crippen LogP contribution < -0.4 is 0 Å². The standard InChI is InChI=1S/C14H17NO5S/c1-20-12-7-8-15(10-12)21(18,19)13-4-2-3-11(9-13)5-6-14(16)17/h2-6,9,12H,7-8,10H2,1H3,(H,16,17)/b6-5+. The van der Waals surface area contributed by atoms with E-state index in [0.29, 0.717) is 25.1 Å². The van der Waals surface area contributed by atoms with Crippen molar-refractivity contribution in [2.24, 2.45) is 0 Å². The molecule has 1 unspecified atom stereocenters. The molecule has 1 aliphatic rings. The lowest BCUT2D eigenvalue weighted by Gasteiger charge is -2.16. The van der Waals surface area contributed by atoms with E-state index in [1.165, 1.54) is 22.5 Å². The van der Waals surface area contributed by atoms with Crippen molar-refractivity contribution in [1.82, 2.24) is 4.31 Å². The first kappa shape index (κ1) is 15.7. The van der Waals surface area contributed by atoms with Crippen LogP contribution in [-0.4, -0.2) is 50.1 Å². The molecule has 2 rings (SSSR count). The van der Waals surface area contributed by atoms with E-state index in [2.05, 4.69) is 0 Å². The number of hydrogen-bond donors (Lipinski definition) is 1. The topological polar surface area (TPSA) is 83.9 Å². The third-order valence-corrected chi connectivity index (χ3v) is 5.22. The van der Waals surface area contributed by atoms with Gasteiger partial charge in [-0.3, -0.25) is 0 Å². The summed E-state index contributed by atoms with van der Waals surface area (Å²) in [6.45, 7) is 0.768. The van der Waals surface area contributed by atoms with E-state index in [0.717, 1.165) is 6.08 Å². The Hall–Kier alpha value is -1.70. The maximum absolute atomic E-state index is 12.5. The van der Waals surface area contributed by atoms with Crippen LogP contribution in [0.1, 0.15) is 12.0 Å². The molecule has 1 aliphatic heterocycles. The van der Waals surface area contributed by atoms with Gasteiger partial charge in [0.05, 0.1) is 11.0 Å². The van der Waals surface area contributed by atoms with E-state index in [9.17, 15) is 13.2 Å². The highest BCUT2D eigenvalue weighted by molar-refractivity contribution is 7.89. The normalized spacial score (nSPS) is 20.1. The molecule has 0 amide bonds. The van der Waals surface area contributed by atoms with E-state index < -0.39 is 16.0 Å². The van der Waals surface area contributed by atoms with Gasteiger partial charge < -0.3 is 9.84 Å². The van der Waals surface area contributed by atoms with E-state index in [4.69, 9.17) is 9.84 Å². The van der Waals surface area contributed by atoms with Gasteiger partial charge in [-0.25, -0.2) is 13.2 Å². The van der Waals surface area contributed by atoms with Gasteiger partial charge in [-0.15, -0.1) is 0 Å². The average molecular weight is 311 g/mol. The van der Waals surface area contributed by atoms with Gasteiger partial charge in [0.1, 0.15) is 0 Å². The number of nitrogens with zero attached hydrogens (tertiary/aromatic N) is 1. The van der Waals surface area contributed by atoms with Gasteiger partial charge in [0, 0.05) is 26.3 Å². The summed E-state index contributed by atoms with van der Waals surface area (Å²) >= 11 is 0. The maximum Gasteiger partial charge on any atom is 0.328 e. The van der Waals surface area contributed by atoms with Crippen LogP contribution in [0.3, 0.4) is 0 Å². The molecule has 1 fully saturated rings. The van der Waals surface area contributed by atoms with Gasteiger partial charge >= 0.3 is 5.97 Å². The fourth-order valence-corrected chi connectivity index (χ4v) is 3.75. The molecule has 1 aromatic rings. The molecule has 21 heavy (non-hydrogen) atoms. The van der Waals surface area contributed by atoms with E-state index in [1.807, 2.05) is 0 Å². The van der Waals surface area contributed by atoms with Crippen LogP contribution in [0.4, 0.5) is 0 Å². The van der Waals surface area contributed by atoms with Crippen molar-refractivity contribution in [3.8, 4) is 0 Å². The molecule has 7 heteroatoms. The smallest absolute Gasteiger partial charge is 0.328 e. The van der Waals surface area contributed by atoms with Crippen LogP contribution in [0, 0.1) is 0 Å². The first-order chi connectivity index (χ1) is 9.93. The molecule has 1 saturated heterocycles. The second kappa shape index (κ2) is 6.38. The monoisotopic (exact) mass is 311 g/mol. The van der Waals surface area contributed by atoms with Crippen LogP contribution in [-0.2, 0) is 19.6 Å². The van der Waals surface area contributed by atoms with Gasteiger partial charge in [-0.1, -0.05) is 12.1 Å². The number of ether oxygens (including phenoxy) is 1. The Bertz CT molecular complexity index is 653. The first-order valence-corrected chi connectivity index (χ1v) is 7.91. The van der Waals surface area contributed by atoms with Crippen LogP contribution in [0.15, 0.2) is 35.2 Å². The Morgan fingerprint density at radius 2 is 2.24 bits per heavy atom. The second-order valence-electron chi connectivity index (χ2n) is 4.75. The Kier molecular flexibility index (Phi) is 4.76. The number of carboxylic acid groups (broad SMARTS) is 1.